The third kappa shape index (κ3) is 9.38. The van der Waals surface area contributed by atoms with Crippen LogP contribution in [0.1, 0.15) is 26.3 Å². The van der Waals surface area contributed by atoms with Crippen LogP contribution >= 0.6 is 0 Å². The van der Waals surface area contributed by atoms with Gasteiger partial charge in [0.15, 0.2) is 0 Å². The van der Waals surface area contributed by atoms with Gasteiger partial charge in [-0.25, -0.2) is 0 Å². The average molecular weight is 1190 g/mol. The van der Waals surface area contributed by atoms with Gasteiger partial charge in [0.05, 0.1) is 28.1 Å². The molecule has 0 amide bonds. The summed E-state index contributed by atoms with van der Waals surface area (Å²) in [6.45, 7) is 6.91. The zero-order valence-electron chi connectivity index (χ0n) is 52.2. The maximum absolute atomic E-state index is 2.73. The van der Waals surface area contributed by atoms with Crippen molar-refractivity contribution in [3.8, 4) is 61.3 Å². The molecule has 17 rings (SSSR count). The van der Waals surface area contributed by atoms with Crippen molar-refractivity contribution in [2.75, 3.05) is 14.7 Å². The fourth-order valence-corrected chi connectivity index (χ4v) is 14.9. The molecule has 14 aromatic carbocycles. The molecule has 4 nitrogen and oxygen atoms in total. The number of para-hydroxylation sites is 5. The summed E-state index contributed by atoms with van der Waals surface area (Å²) in [7, 11) is 0. The molecule has 93 heavy (non-hydrogen) atoms. The molecule has 0 aliphatic carbocycles. The van der Waals surface area contributed by atoms with Crippen molar-refractivity contribution in [3.63, 3.8) is 0 Å². The van der Waals surface area contributed by atoms with E-state index < -0.39 is 0 Å². The Morgan fingerprint density at radius 2 is 0.731 bits per heavy atom. The van der Waals surface area contributed by atoms with Crippen LogP contribution in [0.3, 0.4) is 0 Å². The van der Waals surface area contributed by atoms with Gasteiger partial charge >= 0.3 is 0 Å². The van der Waals surface area contributed by atoms with E-state index in [4.69, 9.17) is 0 Å². The van der Waals surface area contributed by atoms with E-state index in [1.807, 2.05) is 0 Å². The molecule has 15 aromatic rings. The fourth-order valence-electron chi connectivity index (χ4n) is 14.9. The predicted molar refractivity (Wildman–Crippen MR) is 395 cm³/mol. The second-order valence-corrected chi connectivity index (χ2v) is 25.6. The van der Waals surface area contributed by atoms with Crippen LogP contribution in [-0.2, 0) is 5.41 Å². The molecule has 0 radical (unpaired) electrons. The van der Waals surface area contributed by atoms with E-state index >= 15 is 0 Å². The summed E-state index contributed by atoms with van der Waals surface area (Å²) in [6.07, 6.45) is 0. The van der Waals surface area contributed by atoms with Crippen LogP contribution in [0.25, 0.3) is 83.1 Å². The standard InChI is InChI=1S/C88H65BN4/c1-88(2,3)66-57-81-84-82(58-66)93(86-73(63-36-17-7-18-37-63)49-29-50-74(86)64-38-19-8-20-39-64)87-77(54-55-79-83(87)75-46-25-26-51-78(75)91(79)69-45-27-40-65(56-69)60-30-11-4-12-31-60)89(84)76-53-52-70(90(67-41-21-9-22-42-67)68-43-23-10-24-44-68)59-80(76)92(81)85-71(61-32-13-5-14-33-61)47-28-48-72(85)62-34-15-6-16-35-62/h4-59H,1-3H3. The van der Waals surface area contributed by atoms with Crippen molar-refractivity contribution in [1.82, 2.24) is 4.57 Å². The summed E-state index contributed by atoms with van der Waals surface area (Å²) in [5, 5.41) is 2.39. The van der Waals surface area contributed by atoms with Gasteiger partial charge in [-0.1, -0.05) is 288 Å². The highest BCUT2D eigenvalue weighted by Gasteiger charge is 2.47. The van der Waals surface area contributed by atoms with Gasteiger partial charge in [-0.15, -0.1) is 0 Å². The van der Waals surface area contributed by atoms with E-state index in [2.05, 4.69) is 380 Å². The highest BCUT2D eigenvalue weighted by Crippen LogP contribution is 2.56. The number of hydrogen-bond donors (Lipinski definition) is 0. The van der Waals surface area contributed by atoms with Gasteiger partial charge in [-0.2, -0.15) is 0 Å². The maximum Gasteiger partial charge on any atom is 0.252 e. The molecule has 0 saturated carbocycles. The van der Waals surface area contributed by atoms with Gasteiger partial charge in [-0.3, -0.25) is 0 Å². The third-order valence-electron chi connectivity index (χ3n) is 19.1. The molecule has 0 saturated heterocycles. The molecule has 0 unspecified atom stereocenters. The van der Waals surface area contributed by atoms with Crippen molar-refractivity contribution in [2.45, 2.75) is 26.2 Å². The average Bonchev–Trinajstić information content (AvgIpc) is 1.53. The van der Waals surface area contributed by atoms with E-state index in [-0.39, 0.29) is 12.1 Å². The number of rotatable bonds is 11. The lowest BCUT2D eigenvalue weighted by Gasteiger charge is -2.47. The van der Waals surface area contributed by atoms with Crippen LogP contribution in [0, 0.1) is 0 Å². The molecule has 2 aliphatic rings. The summed E-state index contributed by atoms with van der Waals surface area (Å²) >= 11 is 0. The first-order chi connectivity index (χ1) is 45.8. The number of fused-ring (bicyclic) bond motifs is 8. The van der Waals surface area contributed by atoms with Gasteiger partial charge in [-0.05, 0) is 134 Å². The van der Waals surface area contributed by atoms with Gasteiger partial charge in [0, 0.05) is 72.8 Å². The lowest BCUT2D eigenvalue weighted by atomic mass is 9.33. The number of anilines is 9. The Morgan fingerprint density at radius 1 is 0.301 bits per heavy atom. The van der Waals surface area contributed by atoms with Crippen molar-refractivity contribution >= 4 is 96.1 Å². The van der Waals surface area contributed by atoms with Gasteiger partial charge in [0.2, 0.25) is 0 Å². The van der Waals surface area contributed by atoms with Gasteiger partial charge < -0.3 is 19.3 Å². The van der Waals surface area contributed by atoms with Crippen LogP contribution in [0.4, 0.5) is 51.2 Å². The number of nitrogens with zero attached hydrogens (tertiary/aromatic N) is 4. The quantitative estimate of drug-likeness (QED) is 0.120. The first-order valence-corrected chi connectivity index (χ1v) is 32.4. The van der Waals surface area contributed by atoms with Crippen molar-refractivity contribution in [3.05, 3.63) is 345 Å². The molecule has 0 N–H and O–H groups in total. The van der Waals surface area contributed by atoms with E-state index in [1.165, 1.54) is 49.5 Å². The summed E-state index contributed by atoms with van der Waals surface area (Å²) < 4.78 is 2.51. The minimum absolute atomic E-state index is 0.237. The molecule has 0 atom stereocenters. The zero-order chi connectivity index (χ0) is 62.2. The fraction of sp³-hybridized carbons (Fsp3) is 0.0455. The highest BCUT2D eigenvalue weighted by atomic mass is 15.2. The Balaban J connectivity index is 1.06. The number of benzene rings is 14. The SMILES string of the molecule is CC(C)(C)c1cc2c3c(c1)N(c1c(-c4ccccc4)cccc1-c1ccccc1)c1c(ccc4c1c1ccccc1n4-c1cccc(-c4ccccc4)c1)B3c1ccc(N(c3ccccc3)c3ccccc3)cc1N2c1c(-c2ccccc2)cccc1-c1ccccc1. The molecular weight excluding hydrogens is 1120 g/mol. The summed E-state index contributed by atoms with van der Waals surface area (Å²) in [4.78, 5) is 7.83. The van der Waals surface area contributed by atoms with Crippen LogP contribution in [0.2, 0.25) is 0 Å². The summed E-state index contributed by atoms with van der Waals surface area (Å²) in [5.41, 5.74) is 29.6. The smallest absolute Gasteiger partial charge is 0.252 e. The lowest BCUT2D eigenvalue weighted by Crippen LogP contribution is -2.61. The molecule has 0 spiro atoms. The Bertz CT molecular complexity index is 5140. The topological polar surface area (TPSA) is 14.7 Å². The molecule has 3 heterocycles. The summed E-state index contributed by atoms with van der Waals surface area (Å²) in [6, 6.07) is 126. The molecule has 5 heteroatoms. The Morgan fingerprint density at radius 3 is 1.25 bits per heavy atom. The number of hydrogen-bond acceptors (Lipinski definition) is 3. The molecule has 2 aliphatic heterocycles. The van der Waals surface area contributed by atoms with Crippen molar-refractivity contribution in [1.29, 1.82) is 0 Å². The minimum atomic E-state index is -0.313. The molecule has 0 bridgehead atoms. The molecular formula is C88H65BN4. The Labute approximate surface area is 544 Å². The van der Waals surface area contributed by atoms with Gasteiger partial charge in [0.25, 0.3) is 6.71 Å². The minimum Gasteiger partial charge on any atom is -0.310 e. The highest BCUT2D eigenvalue weighted by molar-refractivity contribution is 7.00. The first-order valence-electron chi connectivity index (χ1n) is 32.4. The maximum atomic E-state index is 2.73. The monoisotopic (exact) mass is 1190 g/mol. The van der Waals surface area contributed by atoms with E-state index in [0.29, 0.717) is 0 Å². The Hall–Kier alpha value is -11.7. The molecule has 1 aromatic heterocycles. The first kappa shape index (κ1) is 55.4. The van der Waals surface area contributed by atoms with Crippen LogP contribution < -0.4 is 31.1 Å². The van der Waals surface area contributed by atoms with E-state index in [9.17, 15) is 0 Å². The van der Waals surface area contributed by atoms with Crippen molar-refractivity contribution in [2.24, 2.45) is 0 Å². The van der Waals surface area contributed by atoms with Crippen LogP contribution in [-0.4, -0.2) is 11.3 Å². The van der Waals surface area contributed by atoms with E-state index in [0.717, 1.165) is 107 Å². The normalized spacial score (nSPS) is 12.4. The summed E-state index contributed by atoms with van der Waals surface area (Å²) in [5.74, 6) is 0. The lowest BCUT2D eigenvalue weighted by molar-refractivity contribution is 0.590. The van der Waals surface area contributed by atoms with Crippen molar-refractivity contribution < 1.29 is 0 Å². The van der Waals surface area contributed by atoms with Crippen LogP contribution in [0.5, 0.6) is 0 Å². The van der Waals surface area contributed by atoms with Crippen LogP contribution in [0.15, 0.2) is 340 Å². The zero-order valence-corrected chi connectivity index (χ0v) is 52.2. The molecule has 0 fully saturated rings. The molecule has 440 valence electrons. The van der Waals surface area contributed by atoms with Gasteiger partial charge in [0.1, 0.15) is 0 Å². The number of aromatic nitrogens is 1. The largest absolute Gasteiger partial charge is 0.310 e. The second-order valence-electron chi connectivity index (χ2n) is 25.6. The predicted octanol–water partition coefficient (Wildman–Crippen LogP) is 22.0. The Kier molecular flexibility index (Phi) is 13.5. The van der Waals surface area contributed by atoms with E-state index in [1.54, 1.807) is 0 Å². The third-order valence-corrected chi connectivity index (χ3v) is 19.1. The second kappa shape index (κ2) is 22.7.